The molecule has 8 nitrogen and oxygen atoms in total. The van der Waals surface area contributed by atoms with Crippen molar-refractivity contribution in [3.63, 3.8) is 0 Å². The van der Waals surface area contributed by atoms with Gasteiger partial charge in [-0.2, -0.15) is 4.31 Å². The van der Waals surface area contributed by atoms with Crippen molar-refractivity contribution in [2.45, 2.75) is 11.4 Å². The van der Waals surface area contributed by atoms with Crippen LogP contribution in [0.1, 0.15) is 15.9 Å². The molecule has 3 aromatic carbocycles. The number of sulfonamides is 1. The van der Waals surface area contributed by atoms with E-state index in [-0.39, 0.29) is 35.8 Å². The highest BCUT2D eigenvalue weighted by atomic mass is 32.2. The SMILES string of the molecule is COc1ccc(C(=O)NCc2cccc(Oc3ccccc3)c2)cc1S(=O)(=O)N1CCOCC1. The van der Waals surface area contributed by atoms with E-state index in [2.05, 4.69) is 5.32 Å². The number of nitrogens with one attached hydrogen (secondary N) is 1. The number of morpholine rings is 1. The van der Waals surface area contributed by atoms with Gasteiger partial charge >= 0.3 is 0 Å². The van der Waals surface area contributed by atoms with Gasteiger partial charge in [-0.1, -0.05) is 30.3 Å². The second kappa shape index (κ2) is 10.7. The lowest BCUT2D eigenvalue weighted by atomic mass is 10.1. The van der Waals surface area contributed by atoms with E-state index in [0.717, 1.165) is 11.3 Å². The average Bonchev–Trinajstić information content (AvgIpc) is 2.88. The number of carbonyl (C=O) groups excluding carboxylic acids is 1. The van der Waals surface area contributed by atoms with E-state index in [1.807, 2.05) is 54.6 Å². The lowest BCUT2D eigenvalue weighted by Crippen LogP contribution is -2.40. The summed E-state index contributed by atoms with van der Waals surface area (Å²) in [7, 11) is -2.43. The number of amides is 1. The summed E-state index contributed by atoms with van der Waals surface area (Å²) >= 11 is 0. The molecule has 0 spiro atoms. The summed E-state index contributed by atoms with van der Waals surface area (Å²) < 4.78 is 44.0. The van der Waals surface area contributed by atoms with Gasteiger partial charge in [0.25, 0.3) is 5.91 Å². The topological polar surface area (TPSA) is 94.2 Å². The van der Waals surface area contributed by atoms with Crippen LogP contribution in [0, 0.1) is 0 Å². The quantitative estimate of drug-likeness (QED) is 0.529. The number of nitrogens with zero attached hydrogens (tertiary/aromatic N) is 1. The maximum Gasteiger partial charge on any atom is 0.251 e. The molecule has 3 aromatic rings. The van der Waals surface area contributed by atoms with Gasteiger partial charge in [0.1, 0.15) is 22.1 Å². The lowest BCUT2D eigenvalue weighted by molar-refractivity contribution is 0.0729. The van der Waals surface area contributed by atoms with Gasteiger partial charge < -0.3 is 19.5 Å². The number of hydrogen-bond donors (Lipinski definition) is 1. The van der Waals surface area contributed by atoms with E-state index in [1.165, 1.54) is 23.5 Å². The highest BCUT2D eigenvalue weighted by Gasteiger charge is 2.30. The molecular formula is C25H26N2O6S. The van der Waals surface area contributed by atoms with Gasteiger partial charge in [0, 0.05) is 25.2 Å². The average molecular weight is 483 g/mol. The first kappa shape index (κ1) is 23.7. The van der Waals surface area contributed by atoms with E-state index in [9.17, 15) is 13.2 Å². The summed E-state index contributed by atoms with van der Waals surface area (Å²) in [5, 5.41) is 2.84. The van der Waals surface area contributed by atoms with E-state index < -0.39 is 15.9 Å². The van der Waals surface area contributed by atoms with Crippen molar-refractivity contribution < 1.29 is 27.4 Å². The highest BCUT2D eigenvalue weighted by Crippen LogP contribution is 2.28. The summed E-state index contributed by atoms with van der Waals surface area (Å²) in [4.78, 5) is 12.8. The molecule has 0 unspecified atom stereocenters. The van der Waals surface area contributed by atoms with Crippen LogP contribution in [0.5, 0.6) is 17.2 Å². The number of rotatable bonds is 8. The summed E-state index contributed by atoms with van der Waals surface area (Å²) in [6, 6.07) is 21.2. The van der Waals surface area contributed by atoms with Crippen LogP contribution in [0.4, 0.5) is 0 Å². The Balaban J connectivity index is 1.47. The maximum absolute atomic E-state index is 13.2. The molecule has 9 heteroatoms. The maximum atomic E-state index is 13.2. The third kappa shape index (κ3) is 5.56. The first-order valence-electron chi connectivity index (χ1n) is 10.8. The van der Waals surface area contributed by atoms with Gasteiger partial charge in [0.05, 0.1) is 20.3 Å². The molecule has 0 aliphatic carbocycles. The van der Waals surface area contributed by atoms with Crippen molar-refractivity contribution in [3.05, 3.63) is 83.9 Å². The summed E-state index contributed by atoms with van der Waals surface area (Å²) in [6.45, 7) is 1.42. The fourth-order valence-electron chi connectivity index (χ4n) is 3.57. The molecular weight excluding hydrogens is 456 g/mol. The molecule has 4 rings (SSSR count). The molecule has 1 saturated heterocycles. The highest BCUT2D eigenvalue weighted by molar-refractivity contribution is 7.89. The number of carbonyl (C=O) groups is 1. The van der Waals surface area contributed by atoms with Crippen molar-refractivity contribution >= 4 is 15.9 Å². The van der Waals surface area contributed by atoms with Gasteiger partial charge in [-0.15, -0.1) is 0 Å². The molecule has 1 fully saturated rings. The molecule has 178 valence electrons. The summed E-state index contributed by atoms with van der Waals surface area (Å²) in [6.07, 6.45) is 0. The number of benzene rings is 3. The zero-order chi connectivity index (χ0) is 24.0. The Hall–Kier alpha value is -3.40. The van der Waals surface area contributed by atoms with Crippen molar-refractivity contribution in [3.8, 4) is 17.2 Å². The molecule has 1 aliphatic rings. The third-order valence-electron chi connectivity index (χ3n) is 5.34. The second-order valence-electron chi connectivity index (χ2n) is 7.63. The second-order valence-corrected chi connectivity index (χ2v) is 9.53. The van der Waals surface area contributed by atoms with Crippen molar-refractivity contribution in [1.82, 2.24) is 9.62 Å². The van der Waals surface area contributed by atoms with E-state index in [0.29, 0.717) is 19.0 Å². The van der Waals surface area contributed by atoms with Gasteiger partial charge in [-0.25, -0.2) is 8.42 Å². The monoisotopic (exact) mass is 482 g/mol. The Kier molecular flexibility index (Phi) is 7.46. The van der Waals surface area contributed by atoms with Crippen molar-refractivity contribution in [1.29, 1.82) is 0 Å². The zero-order valence-electron chi connectivity index (χ0n) is 18.8. The minimum absolute atomic E-state index is 0.0391. The Bertz CT molecular complexity index is 1240. The van der Waals surface area contributed by atoms with Gasteiger partial charge in [0.15, 0.2) is 0 Å². The van der Waals surface area contributed by atoms with Crippen LogP contribution >= 0.6 is 0 Å². The van der Waals surface area contributed by atoms with Crippen LogP contribution in [0.25, 0.3) is 0 Å². The molecule has 0 bridgehead atoms. The molecule has 1 N–H and O–H groups in total. The van der Waals surface area contributed by atoms with Crippen LogP contribution in [-0.4, -0.2) is 52.0 Å². The first-order chi connectivity index (χ1) is 16.5. The molecule has 1 amide bonds. The van der Waals surface area contributed by atoms with Crippen molar-refractivity contribution in [2.24, 2.45) is 0 Å². The minimum atomic E-state index is -3.83. The molecule has 0 atom stereocenters. The predicted octanol–water partition coefficient (Wildman–Crippen LogP) is 3.44. The largest absolute Gasteiger partial charge is 0.495 e. The molecule has 34 heavy (non-hydrogen) atoms. The minimum Gasteiger partial charge on any atom is -0.495 e. The zero-order valence-corrected chi connectivity index (χ0v) is 19.6. The molecule has 0 aromatic heterocycles. The third-order valence-corrected chi connectivity index (χ3v) is 7.26. The lowest BCUT2D eigenvalue weighted by Gasteiger charge is -2.26. The molecule has 0 radical (unpaired) electrons. The number of ether oxygens (including phenoxy) is 3. The number of hydrogen-bond acceptors (Lipinski definition) is 6. The van der Waals surface area contributed by atoms with E-state index in [4.69, 9.17) is 14.2 Å². The molecule has 1 heterocycles. The van der Waals surface area contributed by atoms with Crippen LogP contribution in [0.2, 0.25) is 0 Å². The van der Waals surface area contributed by atoms with Gasteiger partial charge in [0.2, 0.25) is 10.0 Å². The Morgan fingerprint density at radius 2 is 1.71 bits per heavy atom. The normalized spacial score (nSPS) is 14.4. The molecule has 0 saturated carbocycles. The van der Waals surface area contributed by atoms with Crippen LogP contribution in [0.15, 0.2) is 77.7 Å². The predicted molar refractivity (Wildman–Crippen MR) is 127 cm³/mol. The Morgan fingerprint density at radius 3 is 2.44 bits per heavy atom. The van der Waals surface area contributed by atoms with E-state index in [1.54, 1.807) is 6.07 Å². The van der Waals surface area contributed by atoms with E-state index >= 15 is 0 Å². The first-order valence-corrected chi connectivity index (χ1v) is 12.3. The van der Waals surface area contributed by atoms with Gasteiger partial charge in [-0.3, -0.25) is 4.79 Å². The molecule has 1 aliphatic heterocycles. The smallest absolute Gasteiger partial charge is 0.251 e. The standard InChI is InChI=1S/C25H26N2O6S/c1-31-23-11-10-20(17-24(23)34(29,30)27-12-14-32-15-13-27)25(28)26-18-19-6-5-9-22(16-19)33-21-7-3-2-4-8-21/h2-11,16-17H,12-15,18H2,1H3,(H,26,28). The van der Waals surface area contributed by atoms with Crippen molar-refractivity contribution in [2.75, 3.05) is 33.4 Å². The van der Waals surface area contributed by atoms with Gasteiger partial charge in [-0.05, 0) is 48.0 Å². The fourth-order valence-corrected chi connectivity index (χ4v) is 5.16. The fraction of sp³-hybridized carbons (Fsp3) is 0.240. The van der Waals surface area contributed by atoms with Crippen LogP contribution in [0.3, 0.4) is 0 Å². The number of para-hydroxylation sites is 1. The summed E-state index contributed by atoms with van der Waals surface area (Å²) in [5.41, 5.74) is 1.07. The summed E-state index contributed by atoms with van der Waals surface area (Å²) in [5.74, 6) is 1.17. The Labute approximate surface area is 199 Å². The number of methoxy groups -OCH3 is 1. The van der Waals surface area contributed by atoms with Crippen LogP contribution in [-0.2, 0) is 21.3 Å². The van der Waals surface area contributed by atoms with Crippen LogP contribution < -0.4 is 14.8 Å². The Morgan fingerprint density at radius 1 is 0.971 bits per heavy atom.